The van der Waals surface area contributed by atoms with E-state index in [1.54, 1.807) is 16.8 Å². The summed E-state index contributed by atoms with van der Waals surface area (Å²) in [6.07, 6.45) is 1.73. The van der Waals surface area contributed by atoms with Crippen molar-refractivity contribution in [2.45, 2.75) is 13.2 Å². The molecule has 0 unspecified atom stereocenters. The highest BCUT2D eigenvalue weighted by atomic mass is 35.5. The summed E-state index contributed by atoms with van der Waals surface area (Å²) in [5.41, 5.74) is 3.50. The Kier molecular flexibility index (Phi) is 5.60. The fourth-order valence-electron chi connectivity index (χ4n) is 3.10. The highest BCUT2D eigenvalue weighted by molar-refractivity contribution is 6.30. The maximum absolute atomic E-state index is 12.6. The van der Waals surface area contributed by atoms with E-state index >= 15 is 0 Å². The third-order valence-electron chi connectivity index (χ3n) is 4.58. The van der Waals surface area contributed by atoms with E-state index in [-0.39, 0.29) is 5.56 Å². The average Bonchev–Trinajstić information content (AvgIpc) is 2.73. The van der Waals surface area contributed by atoms with Gasteiger partial charge in [-0.1, -0.05) is 29.8 Å². The summed E-state index contributed by atoms with van der Waals surface area (Å²) in [6, 6.07) is 20.5. The van der Waals surface area contributed by atoms with Crippen LogP contribution in [-0.2, 0) is 13.2 Å². The normalized spacial score (nSPS) is 11.0. The monoisotopic (exact) mass is 405 g/mol. The molecule has 0 fully saturated rings. The first-order valence-corrected chi connectivity index (χ1v) is 9.65. The van der Waals surface area contributed by atoms with E-state index in [4.69, 9.17) is 16.3 Å². The first-order chi connectivity index (χ1) is 14.1. The molecule has 0 spiro atoms. The van der Waals surface area contributed by atoms with Crippen LogP contribution >= 0.6 is 11.6 Å². The maximum Gasteiger partial charge on any atom is 0.258 e. The van der Waals surface area contributed by atoms with E-state index in [0.29, 0.717) is 23.9 Å². The summed E-state index contributed by atoms with van der Waals surface area (Å²) in [5.74, 6) is 0.528. The van der Waals surface area contributed by atoms with Crippen LogP contribution < -0.4 is 15.6 Å². The third-order valence-corrected chi connectivity index (χ3v) is 4.83. The molecule has 0 amide bonds. The lowest BCUT2D eigenvalue weighted by Gasteiger charge is -2.10. The van der Waals surface area contributed by atoms with Crippen LogP contribution in [0.2, 0.25) is 5.02 Å². The van der Waals surface area contributed by atoms with Crippen LogP contribution in [0.3, 0.4) is 0 Å². The van der Waals surface area contributed by atoms with Gasteiger partial charge in [-0.2, -0.15) is 0 Å². The molecule has 4 rings (SSSR count). The molecule has 0 aliphatic rings. The van der Waals surface area contributed by atoms with Crippen LogP contribution in [0.25, 0.3) is 16.6 Å². The Morgan fingerprint density at radius 1 is 1.03 bits per heavy atom. The van der Waals surface area contributed by atoms with Gasteiger partial charge in [0.2, 0.25) is 0 Å². The molecule has 146 valence electrons. The number of hydrogen-bond donors (Lipinski definition) is 1. The summed E-state index contributed by atoms with van der Waals surface area (Å²) in [7, 11) is 1.89. The average molecular weight is 406 g/mol. The largest absolute Gasteiger partial charge is 0.489 e. The minimum absolute atomic E-state index is 0.155. The van der Waals surface area contributed by atoms with Gasteiger partial charge in [0.1, 0.15) is 12.4 Å². The molecule has 0 radical (unpaired) electrons. The number of ether oxygens (including phenoxy) is 1. The molecule has 6 heteroatoms. The molecule has 0 aliphatic carbocycles. The Morgan fingerprint density at radius 2 is 1.86 bits per heavy atom. The molecule has 0 aliphatic heterocycles. The number of rotatable bonds is 6. The van der Waals surface area contributed by atoms with Gasteiger partial charge in [-0.15, -0.1) is 0 Å². The third kappa shape index (κ3) is 4.47. The second-order valence-electron chi connectivity index (χ2n) is 6.70. The summed E-state index contributed by atoms with van der Waals surface area (Å²) in [6.45, 7) is 1.09. The molecular formula is C23H20ClN3O2. The van der Waals surface area contributed by atoms with Crippen LogP contribution in [0.1, 0.15) is 11.3 Å². The predicted octanol–water partition coefficient (Wildman–Crippen LogP) is 4.34. The van der Waals surface area contributed by atoms with E-state index < -0.39 is 0 Å². The fourth-order valence-corrected chi connectivity index (χ4v) is 3.22. The van der Waals surface area contributed by atoms with Crippen molar-refractivity contribution in [2.75, 3.05) is 7.05 Å². The minimum atomic E-state index is -0.155. The number of halogens is 1. The zero-order valence-electron chi connectivity index (χ0n) is 15.9. The molecule has 29 heavy (non-hydrogen) atoms. The van der Waals surface area contributed by atoms with Crippen LogP contribution in [0.5, 0.6) is 5.75 Å². The summed E-state index contributed by atoms with van der Waals surface area (Å²) in [4.78, 5) is 17.2. The number of nitrogens with zero attached hydrogens (tertiary/aromatic N) is 2. The van der Waals surface area contributed by atoms with E-state index in [9.17, 15) is 4.79 Å². The molecular weight excluding hydrogens is 386 g/mol. The molecule has 0 saturated heterocycles. The van der Waals surface area contributed by atoms with Crippen molar-refractivity contribution >= 4 is 22.5 Å². The second kappa shape index (κ2) is 8.47. The van der Waals surface area contributed by atoms with Gasteiger partial charge in [-0.05, 0) is 55.1 Å². The molecule has 1 N–H and O–H groups in total. The molecule has 2 heterocycles. The van der Waals surface area contributed by atoms with Crippen molar-refractivity contribution in [3.05, 3.63) is 99.6 Å². The van der Waals surface area contributed by atoms with Crippen molar-refractivity contribution in [1.29, 1.82) is 0 Å². The van der Waals surface area contributed by atoms with Crippen LogP contribution in [-0.4, -0.2) is 16.6 Å². The topological polar surface area (TPSA) is 56.2 Å². The molecule has 0 bridgehead atoms. The molecule has 0 atom stereocenters. The predicted molar refractivity (Wildman–Crippen MR) is 116 cm³/mol. The smallest absolute Gasteiger partial charge is 0.258 e. The lowest BCUT2D eigenvalue weighted by molar-refractivity contribution is 0.305. The molecule has 2 aromatic heterocycles. The van der Waals surface area contributed by atoms with Crippen molar-refractivity contribution in [3.8, 4) is 11.4 Å². The van der Waals surface area contributed by atoms with Gasteiger partial charge in [0.25, 0.3) is 5.56 Å². The van der Waals surface area contributed by atoms with Gasteiger partial charge in [0.15, 0.2) is 0 Å². The highest BCUT2D eigenvalue weighted by Gasteiger charge is 2.05. The number of pyridine rings is 2. The number of hydrogen-bond acceptors (Lipinski definition) is 4. The van der Waals surface area contributed by atoms with Gasteiger partial charge >= 0.3 is 0 Å². The molecule has 4 aromatic rings. The van der Waals surface area contributed by atoms with Crippen LogP contribution in [0.15, 0.2) is 77.7 Å². The van der Waals surface area contributed by atoms with Crippen molar-refractivity contribution in [2.24, 2.45) is 0 Å². The van der Waals surface area contributed by atoms with Crippen molar-refractivity contribution in [1.82, 2.24) is 14.9 Å². The SMILES string of the molecule is CNCc1ccc2cc(-n3ccc(OCc4ccc(Cl)cc4)cc3=O)ccc2n1. The second-order valence-corrected chi connectivity index (χ2v) is 7.13. The van der Waals surface area contributed by atoms with Gasteiger partial charge in [-0.3, -0.25) is 14.3 Å². The standard InChI is InChI=1S/C23H20ClN3O2/c1-25-14-19-7-4-17-12-20(8-9-22(17)26-19)27-11-10-21(13-23(27)28)29-15-16-2-5-18(24)6-3-16/h2-13,25H,14-15H2,1H3. The van der Waals surface area contributed by atoms with Gasteiger partial charge < -0.3 is 10.1 Å². The Morgan fingerprint density at radius 3 is 2.62 bits per heavy atom. The van der Waals surface area contributed by atoms with Crippen LogP contribution in [0.4, 0.5) is 0 Å². The van der Waals surface area contributed by atoms with Gasteiger partial charge in [0, 0.05) is 34.9 Å². The molecule has 2 aromatic carbocycles. The first-order valence-electron chi connectivity index (χ1n) is 9.27. The van der Waals surface area contributed by atoms with Crippen molar-refractivity contribution in [3.63, 3.8) is 0 Å². The zero-order chi connectivity index (χ0) is 20.2. The van der Waals surface area contributed by atoms with E-state index in [1.807, 2.05) is 61.6 Å². The highest BCUT2D eigenvalue weighted by Crippen LogP contribution is 2.18. The lowest BCUT2D eigenvalue weighted by atomic mass is 10.1. The molecule has 0 saturated carbocycles. The Hall–Kier alpha value is -3.15. The molecule has 5 nitrogen and oxygen atoms in total. The zero-order valence-corrected chi connectivity index (χ0v) is 16.7. The first kappa shape index (κ1) is 19.2. The number of nitrogens with one attached hydrogen (secondary N) is 1. The van der Waals surface area contributed by atoms with E-state index in [0.717, 1.165) is 27.8 Å². The summed E-state index contributed by atoms with van der Waals surface area (Å²) in [5, 5.41) is 4.76. The fraction of sp³-hybridized carbons (Fsp3) is 0.130. The minimum Gasteiger partial charge on any atom is -0.489 e. The lowest BCUT2D eigenvalue weighted by Crippen LogP contribution is -2.16. The van der Waals surface area contributed by atoms with Crippen molar-refractivity contribution < 1.29 is 4.74 Å². The van der Waals surface area contributed by atoms with Crippen LogP contribution in [0, 0.1) is 0 Å². The summed E-state index contributed by atoms with van der Waals surface area (Å²) < 4.78 is 7.33. The number of aromatic nitrogens is 2. The summed E-state index contributed by atoms with van der Waals surface area (Å²) >= 11 is 5.89. The Bertz CT molecular complexity index is 1200. The number of benzene rings is 2. The van der Waals surface area contributed by atoms with E-state index in [2.05, 4.69) is 10.3 Å². The Balaban J connectivity index is 1.54. The number of fused-ring (bicyclic) bond motifs is 1. The Labute approximate surface area is 173 Å². The van der Waals surface area contributed by atoms with Gasteiger partial charge in [0.05, 0.1) is 11.2 Å². The van der Waals surface area contributed by atoms with Gasteiger partial charge in [-0.25, -0.2) is 0 Å². The van der Waals surface area contributed by atoms with E-state index in [1.165, 1.54) is 6.07 Å². The quantitative estimate of drug-likeness (QED) is 0.518. The maximum atomic E-state index is 12.6.